The van der Waals surface area contributed by atoms with Crippen LogP contribution in [0.5, 0.6) is 0 Å². The quantitative estimate of drug-likeness (QED) is 0.612. The molecule has 0 radical (unpaired) electrons. The molecule has 1 aromatic carbocycles. The molecule has 2 aromatic heterocycles. The molecule has 0 spiro atoms. The zero-order valence-electron chi connectivity index (χ0n) is 16.0. The third-order valence-corrected chi connectivity index (χ3v) is 5.78. The van der Waals surface area contributed by atoms with Gasteiger partial charge < -0.3 is 4.74 Å². The van der Waals surface area contributed by atoms with Crippen LogP contribution in [-0.4, -0.2) is 33.1 Å². The molecule has 0 unspecified atom stereocenters. The summed E-state index contributed by atoms with van der Waals surface area (Å²) in [4.78, 5) is 29.0. The highest BCUT2D eigenvalue weighted by Gasteiger charge is 2.18. The SMILES string of the molecule is CCc1nnsc1C(=O)OCC(=O)Nc1nc(-c2cc(C)c(C)cc2C)cs1. The first kappa shape index (κ1) is 20.1. The summed E-state index contributed by atoms with van der Waals surface area (Å²) < 4.78 is 8.80. The number of thiazole rings is 1. The second-order valence-corrected chi connectivity index (χ2v) is 7.93. The third kappa shape index (κ3) is 4.42. The van der Waals surface area contributed by atoms with Crippen molar-refractivity contribution in [1.82, 2.24) is 14.6 Å². The average molecular weight is 417 g/mol. The molecule has 0 aliphatic heterocycles. The normalized spacial score (nSPS) is 10.7. The fourth-order valence-corrected chi connectivity index (χ4v) is 4.01. The Balaban J connectivity index is 1.61. The fourth-order valence-electron chi connectivity index (χ4n) is 2.64. The van der Waals surface area contributed by atoms with E-state index in [2.05, 4.69) is 45.9 Å². The third-order valence-electron chi connectivity index (χ3n) is 4.28. The number of nitrogens with zero attached hydrogens (tertiary/aromatic N) is 3. The number of anilines is 1. The van der Waals surface area contributed by atoms with Crippen LogP contribution >= 0.6 is 22.9 Å². The van der Waals surface area contributed by atoms with Gasteiger partial charge >= 0.3 is 5.97 Å². The van der Waals surface area contributed by atoms with Crippen LogP contribution < -0.4 is 5.32 Å². The van der Waals surface area contributed by atoms with Gasteiger partial charge in [-0.2, -0.15) is 0 Å². The number of aromatic nitrogens is 3. The molecule has 146 valence electrons. The Labute approximate surface area is 171 Å². The summed E-state index contributed by atoms with van der Waals surface area (Å²) in [6, 6.07) is 4.22. The van der Waals surface area contributed by atoms with E-state index in [4.69, 9.17) is 4.74 Å². The van der Waals surface area contributed by atoms with Crippen LogP contribution in [0.1, 0.15) is 39.0 Å². The van der Waals surface area contributed by atoms with Gasteiger partial charge in [0.25, 0.3) is 5.91 Å². The van der Waals surface area contributed by atoms with Gasteiger partial charge in [-0.3, -0.25) is 10.1 Å². The van der Waals surface area contributed by atoms with Crippen molar-refractivity contribution < 1.29 is 14.3 Å². The number of esters is 1. The van der Waals surface area contributed by atoms with Gasteiger partial charge in [0.1, 0.15) is 0 Å². The summed E-state index contributed by atoms with van der Waals surface area (Å²) in [5.74, 6) is -1.03. The zero-order valence-corrected chi connectivity index (χ0v) is 17.7. The molecule has 1 amide bonds. The van der Waals surface area contributed by atoms with Crippen LogP contribution in [0, 0.1) is 20.8 Å². The first-order chi connectivity index (χ1) is 13.4. The maximum absolute atomic E-state index is 12.1. The van der Waals surface area contributed by atoms with Gasteiger partial charge in [0, 0.05) is 10.9 Å². The minimum absolute atomic E-state index is 0.331. The minimum atomic E-state index is -0.590. The van der Waals surface area contributed by atoms with Crippen LogP contribution in [-0.2, 0) is 16.0 Å². The number of aryl methyl sites for hydroxylation is 4. The van der Waals surface area contributed by atoms with Crippen molar-refractivity contribution in [3.8, 4) is 11.3 Å². The second kappa shape index (κ2) is 8.57. The maximum Gasteiger partial charge on any atom is 0.352 e. The number of hydrogen-bond donors (Lipinski definition) is 1. The summed E-state index contributed by atoms with van der Waals surface area (Å²) in [7, 11) is 0. The second-order valence-electron chi connectivity index (χ2n) is 6.32. The molecule has 7 nitrogen and oxygen atoms in total. The maximum atomic E-state index is 12.1. The average Bonchev–Trinajstić information content (AvgIpc) is 3.32. The number of carbonyl (C=O) groups is 2. The number of nitrogens with one attached hydrogen (secondary N) is 1. The van der Waals surface area contributed by atoms with E-state index in [-0.39, 0.29) is 0 Å². The van der Waals surface area contributed by atoms with Gasteiger partial charge in [0.05, 0.1) is 11.4 Å². The monoisotopic (exact) mass is 416 g/mol. The van der Waals surface area contributed by atoms with Gasteiger partial charge in [-0.05, 0) is 61.5 Å². The number of amides is 1. The van der Waals surface area contributed by atoms with Crippen LogP contribution in [0.3, 0.4) is 0 Å². The lowest BCUT2D eigenvalue weighted by molar-refractivity contribution is -0.119. The molecular weight excluding hydrogens is 396 g/mol. The number of carbonyl (C=O) groups excluding carboxylic acids is 2. The fraction of sp³-hybridized carbons (Fsp3) is 0.316. The van der Waals surface area contributed by atoms with Gasteiger partial charge in [0.15, 0.2) is 16.6 Å². The molecule has 0 aliphatic rings. The predicted octanol–water partition coefficient (Wildman–Crippen LogP) is 3.94. The number of rotatable bonds is 6. The highest BCUT2D eigenvalue weighted by atomic mass is 32.1. The largest absolute Gasteiger partial charge is 0.451 e. The first-order valence-electron chi connectivity index (χ1n) is 8.71. The van der Waals surface area contributed by atoms with Crippen molar-refractivity contribution in [2.45, 2.75) is 34.1 Å². The molecule has 28 heavy (non-hydrogen) atoms. The van der Waals surface area contributed by atoms with Gasteiger partial charge in [-0.25, -0.2) is 9.78 Å². The summed E-state index contributed by atoms with van der Waals surface area (Å²) >= 11 is 2.29. The van der Waals surface area contributed by atoms with E-state index >= 15 is 0 Å². The predicted molar refractivity (Wildman–Crippen MR) is 110 cm³/mol. The van der Waals surface area contributed by atoms with Crippen molar-refractivity contribution in [3.63, 3.8) is 0 Å². The summed E-state index contributed by atoms with van der Waals surface area (Å²) in [5.41, 5.74) is 5.97. The molecule has 0 bridgehead atoms. The van der Waals surface area contributed by atoms with Crippen LogP contribution in [0.2, 0.25) is 0 Å². The van der Waals surface area contributed by atoms with Crippen molar-refractivity contribution in [3.05, 3.63) is 44.8 Å². The Morgan fingerprint density at radius 1 is 1.14 bits per heavy atom. The van der Waals surface area contributed by atoms with Crippen molar-refractivity contribution >= 4 is 39.9 Å². The zero-order chi connectivity index (χ0) is 20.3. The molecule has 0 saturated carbocycles. The van der Waals surface area contributed by atoms with Crippen molar-refractivity contribution in [1.29, 1.82) is 0 Å². The molecule has 0 atom stereocenters. The Kier molecular flexibility index (Phi) is 6.15. The van der Waals surface area contributed by atoms with Gasteiger partial charge in [0.2, 0.25) is 0 Å². The van der Waals surface area contributed by atoms with Gasteiger partial charge in [-0.1, -0.05) is 17.5 Å². The standard InChI is InChI=1S/C19H20N4O3S2/c1-5-14-17(28-23-22-14)18(25)26-8-16(24)21-19-20-15(9-27-19)13-7-11(3)10(2)6-12(13)4/h6-7,9H,5,8H2,1-4H3,(H,20,21,24). The molecule has 3 aromatic rings. The van der Waals surface area contributed by atoms with E-state index < -0.39 is 18.5 Å². The van der Waals surface area contributed by atoms with Crippen LogP contribution in [0.15, 0.2) is 17.5 Å². The number of ether oxygens (including phenoxy) is 1. The molecule has 1 N–H and O–H groups in total. The Bertz CT molecular complexity index is 1030. The van der Waals surface area contributed by atoms with E-state index in [1.165, 1.54) is 22.5 Å². The van der Waals surface area contributed by atoms with E-state index in [0.717, 1.165) is 28.4 Å². The lowest BCUT2D eigenvalue weighted by atomic mass is 9.99. The lowest BCUT2D eigenvalue weighted by Crippen LogP contribution is -2.21. The topological polar surface area (TPSA) is 94.1 Å². The van der Waals surface area contributed by atoms with Crippen LogP contribution in [0.25, 0.3) is 11.3 Å². The van der Waals surface area contributed by atoms with E-state index in [1.54, 1.807) is 0 Å². The lowest BCUT2D eigenvalue weighted by Gasteiger charge is -2.07. The van der Waals surface area contributed by atoms with Gasteiger partial charge in [-0.15, -0.1) is 16.4 Å². The number of hydrogen-bond acceptors (Lipinski definition) is 8. The molecule has 9 heteroatoms. The highest BCUT2D eigenvalue weighted by Crippen LogP contribution is 2.29. The Hall–Kier alpha value is -2.65. The minimum Gasteiger partial charge on any atom is -0.451 e. The van der Waals surface area contributed by atoms with Crippen molar-refractivity contribution in [2.75, 3.05) is 11.9 Å². The molecule has 0 fully saturated rings. The molecular formula is C19H20N4O3S2. The highest BCUT2D eigenvalue weighted by molar-refractivity contribution is 7.14. The summed E-state index contributed by atoms with van der Waals surface area (Å²) in [6.07, 6.45) is 0.576. The Morgan fingerprint density at radius 2 is 1.89 bits per heavy atom. The van der Waals surface area contributed by atoms with E-state index in [0.29, 0.717) is 22.1 Å². The summed E-state index contributed by atoms with van der Waals surface area (Å²) in [6.45, 7) is 7.66. The molecule has 2 heterocycles. The Morgan fingerprint density at radius 3 is 2.64 bits per heavy atom. The molecule has 0 aliphatic carbocycles. The number of benzene rings is 1. The van der Waals surface area contributed by atoms with Crippen LogP contribution in [0.4, 0.5) is 5.13 Å². The first-order valence-corrected chi connectivity index (χ1v) is 10.4. The summed E-state index contributed by atoms with van der Waals surface area (Å²) in [5, 5.41) is 8.89. The molecule has 0 saturated heterocycles. The van der Waals surface area contributed by atoms with E-state index in [9.17, 15) is 9.59 Å². The van der Waals surface area contributed by atoms with Crippen molar-refractivity contribution in [2.24, 2.45) is 0 Å². The smallest absolute Gasteiger partial charge is 0.352 e. The van der Waals surface area contributed by atoms with E-state index in [1.807, 2.05) is 19.2 Å². The molecule has 3 rings (SSSR count).